The van der Waals surface area contributed by atoms with Gasteiger partial charge in [-0.1, -0.05) is 0 Å². The lowest BCUT2D eigenvalue weighted by Gasteiger charge is -2.26. The first-order valence-electron chi connectivity index (χ1n) is 4.69. The number of hydrogen-bond acceptors (Lipinski definition) is 5. The van der Waals surface area contributed by atoms with Crippen LogP contribution in [0.2, 0.25) is 0 Å². The first-order chi connectivity index (χ1) is 6.79. The van der Waals surface area contributed by atoms with Crippen molar-refractivity contribution in [1.82, 2.24) is 10.3 Å². The van der Waals surface area contributed by atoms with Gasteiger partial charge in [0.2, 0.25) is 0 Å². The van der Waals surface area contributed by atoms with Crippen LogP contribution in [0.15, 0.2) is 5.38 Å². The summed E-state index contributed by atoms with van der Waals surface area (Å²) in [6, 6.07) is 0.420. The van der Waals surface area contributed by atoms with Crippen molar-refractivity contribution in [2.24, 2.45) is 0 Å². The molecule has 1 aromatic heterocycles. The van der Waals surface area contributed by atoms with Crippen LogP contribution in [0.1, 0.15) is 23.7 Å². The number of nitrogens with zero attached hydrogens (tertiary/aromatic N) is 1. The molecule has 2 N–H and O–H groups in total. The van der Waals surface area contributed by atoms with Crippen molar-refractivity contribution in [1.29, 1.82) is 0 Å². The number of aliphatic hydroxyl groups is 1. The monoisotopic (exact) mass is 214 g/mol. The fraction of sp³-hybridized carbons (Fsp3) is 0.667. The van der Waals surface area contributed by atoms with Crippen molar-refractivity contribution in [2.75, 3.05) is 13.2 Å². The van der Waals surface area contributed by atoms with Gasteiger partial charge in [-0.2, -0.15) is 0 Å². The number of morpholine rings is 1. The SMILES string of the molecule is CC1COC(c2nc(CO)cs2)CN1. The van der Waals surface area contributed by atoms with E-state index in [-0.39, 0.29) is 12.7 Å². The van der Waals surface area contributed by atoms with Gasteiger partial charge >= 0.3 is 0 Å². The van der Waals surface area contributed by atoms with Gasteiger partial charge in [0, 0.05) is 18.0 Å². The molecule has 2 heterocycles. The molecule has 1 saturated heterocycles. The quantitative estimate of drug-likeness (QED) is 0.760. The highest BCUT2D eigenvalue weighted by Crippen LogP contribution is 2.23. The van der Waals surface area contributed by atoms with E-state index in [4.69, 9.17) is 9.84 Å². The van der Waals surface area contributed by atoms with Crippen LogP contribution >= 0.6 is 11.3 Å². The van der Waals surface area contributed by atoms with Gasteiger partial charge in [-0.05, 0) is 6.92 Å². The van der Waals surface area contributed by atoms with Gasteiger partial charge in [0.25, 0.3) is 0 Å². The first kappa shape index (κ1) is 10.0. The second-order valence-corrected chi connectivity index (χ2v) is 4.36. The number of thiazole rings is 1. The molecule has 0 amide bonds. The standard InChI is InChI=1S/C9H14N2O2S/c1-6-4-13-8(2-10-6)9-11-7(3-12)5-14-9/h5-6,8,10,12H,2-4H2,1H3. The summed E-state index contributed by atoms with van der Waals surface area (Å²) in [4.78, 5) is 4.28. The fourth-order valence-corrected chi connectivity index (χ4v) is 2.25. The van der Waals surface area contributed by atoms with Crippen LogP contribution in [0.5, 0.6) is 0 Å². The van der Waals surface area contributed by atoms with Crippen molar-refractivity contribution in [3.8, 4) is 0 Å². The number of nitrogens with one attached hydrogen (secondary N) is 1. The van der Waals surface area contributed by atoms with E-state index in [0.29, 0.717) is 6.04 Å². The summed E-state index contributed by atoms with van der Waals surface area (Å²) in [6.45, 7) is 3.63. The Kier molecular flexibility index (Phi) is 3.12. The van der Waals surface area contributed by atoms with Crippen molar-refractivity contribution in [3.63, 3.8) is 0 Å². The normalized spacial score (nSPS) is 27.9. The molecule has 1 aliphatic heterocycles. The Labute approximate surface area is 86.9 Å². The summed E-state index contributed by atoms with van der Waals surface area (Å²) >= 11 is 1.55. The molecule has 4 nitrogen and oxygen atoms in total. The smallest absolute Gasteiger partial charge is 0.123 e. The maximum atomic E-state index is 8.88. The molecule has 2 atom stereocenters. The first-order valence-corrected chi connectivity index (χ1v) is 5.57. The minimum absolute atomic E-state index is 0.00700. The van der Waals surface area contributed by atoms with Gasteiger partial charge in [0.05, 0.1) is 18.9 Å². The van der Waals surface area contributed by atoms with Crippen molar-refractivity contribution in [2.45, 2.75) is 25.7 Å². The summed E-state index contributed by atoms with van der Waals surface area (Å²) in [5.74, 6) is 0. The molecule has 1 fully saturated rings. The fourth-order valence-electron chi connectivity index (χ4n) is 1.39. The summed E-state index contributed by atoms with van der Waals surface area (Å²) in [6.07, 6.45) is 0.0523. The number of ether oxygens (including phenoxy) is 1. The predicted octanol–water partition coefficient (Wildman–Crippen LogP) is 0.685. The molecule has 0 aliphatic carbocycles. The maximum Gasteiger partial charge on any atom is 0.123 e. The molecule has 0 spiro atoms. The molecule has 78 valence electrons. The van der Waals surface area contributed by atoms with Gasteiger partial charge in [0.15, 0.2) is 0 Å². The highest BCUT2D eigenvalue weighted by atomic mass is 32.1. The summed E-state index contributed by atoms with van der Waals surface area (Å²) < 4.78 is 5.64. The third kappa shape index (κ3) is 2.12. The van der Waals surface area contributed by atoms with E-state index in [9.17, 15) is 0 Å². The lowest BCUT2D eigenvalue weighted by Crippen LogP contribution is -2.40. The van der Waals surface area contributed by atoms with E-state index in [1.807, 2.05) is 5.38 Å². The zero-order chi connectivity index (χ0) is 9.97. The molecule has 1 aliphatic rings. The van der Waals surface area contributed by atoms with Gasteiger partial charge in [0.1, 0.15) is 11.1 Å². The maximum absolute atomic E-state index is 8.88. The van der Waals surface area contributed by atoms with E-state index in [1.165, 1.54) is 0 Å². The lowest BCUT2D eigenvalue weighted by atomic mass is 10.2. The number of aromatic nitrogens is 1. The summed E-state index contributed by atoms with van der Waals surface area (Å²) in [5.41, 5.74) is 0.729. The van der Waals surface area contributed by atoms with Gasteiger partial charge in [-0.3, -0.25) is 0 Å². The van der Waals surface area contributed by atoms with Crippen LogP contribution in [0.4, 0.5) is 0 Å². The molecule has 0 radical (unpaired) electrons. The zero-order valence-corrected chi connectivity index (χ0v) is 8.88. The molecule has 0 aromatic carbocycles. The summed E-state index contributed by atoms with van der Waals surface area (Å²) in [5, 5.41) is 15.0. The Hall–Kier alpha value is -0.490. The van der Waals surface area contributed by atoms with E-state index < -0.39 is 0 Å². The molecule has 1 aromatic rings. The van der Waals surface area contributed by atoms with Crippen molar-refractivity contribution < 1.29 is 9.84 Å². The van der Waals surface area contributed by atoms with Crippen molar-refractivity contribution >= 4 is 11.3 Å². The van der Waals surface area contributed by atoms with Crippen LogP contribution in [0, 0.1) is 0 Å². The molecule has 0 saturated carbocycles. The Bertz CT molecular complexity index is 295. The zero-order valence-electron chi connectivity index (χ0n) is 8.06. The van der Waals surface area contributed by atoms with Crippen LogP contribution in [-0.4, -0.2) is 29.3 Å². The van der Waals surface area contributed by atoms with E-state index in [0.717, 1.165) is 23.9 Å². The highest BCUT2D eigenvalue weighted by molar-refractivity contribution is 7.09. The number of rotatable bonds is 2. The van der Waals surface area contributed by atoms with E-state index >= 15 is 0 Å². The molecule has 0 bridgehead atoms. The molecular formula is C9H14N2O2S. The number of aliphatic hydroxyl groups excluding tert-OH is 1. The van der Waals surface area contributed by atoms with E-state index in [1.54, 1.807) is 11.3 Å². The lowest BCUT2D eigenvalue weighted by molar-refractivity contribution is 0.00669. The Morgan fingerprint density at radius 1 is 1.79 bits per heavy atom. The molecule has 2 unspecified atom stereocenters. The molecule has 5 heteroatoms. The molecule has 2 rings (SSSR count). The van der Waals surface area contributed by atoms with Gasteiger partial charge in [-0.25, -0.2) is 4.98 Å². The average Bonchev–Trinajstić information content (AvgIpc) is 2.67. The topological polar surface area (TPSA) is 54.4 Å². The largest absolute Gasteiger partial charge is 0.390 e. The van der Waals surface area contributed by atoms with E-state index in [2.05, 4.69) is 17.2 Å². The molecule has 14 heavy (non-hydrogen) atoms. The second kappa shape index (κ2) is 4.35. The minimum atomic E-state index is 0.00700. The Balaban J connectivity index is 2.01. The average molecular weight is 214 g/mol. The Morgan fingerprint density at radius 3 is 3.21 bits per heavy atom. The summed E-state index contributed by atoms with van der Waals surface area (Å²) in [7, 11) is 0. The molecular weight excluding hydrogens is 200 g/mol. The predicted molar refractivity (Wildman–Crippen MR) is 54.2 cm³/mol. The van der Waals surface area contributed by atoms with Crippen LogP contribution in [0.25, 0.3) is 0 Å². The van der Waals surface area contributed by atoms with Crippen LogP contribution in [0.3, 0.4) is 0 Å². The minimum Gasteiger partial charge on any atom is -0.390 e. The second-order valence-electron chi connectivity index (χ2n) is 3.47. The van der Waals surface area contributed by atoms with Crippen LogP contribution in [-0.2, 0) is 11.3 Å². The van der Waals surface area contributed by atoms with Gasteiger partial charge < -0.3 is 15.2 Å². The van der Waals surface area contributed by atoms with Gasteiger partial charge in [-0.15, -0.1) is 11.3 Å². The third-order valence-electron chi connectivity index (χ3n) is 2.21. The highest BCUT2D eigenvalue weighted by Gasteiger charge is 2.21. The Morgan fingerprint density at radius 2 is 2.64 bits per heavy atom. The van der Waals surface area contributed by atoms with Crippen LogP contribution < -0.4 is 5.32 Å². The third-order valence-corrected chi connectivity index (χ3v) is 3.19. The number of hydrogen-bond donors (Lipinski definition) is 2. The van der Waals surface area contributed by atoms with Crippen molar-refractivity contribution in [3.05, 3.63) is 16.1 Å².